The van der Waals surface area contributed by atoms with Gasteiger partial charge in [-0.2, -0.15) is 13.7 Å². The van der Waals surface area contributed by atoms with Crippen molar-refractivity contribution in [2.45, 2.75) is 4.90 Å². The molecule has 0 bridgehead atoms. The lowest BCUT2D eigenvalue weighted by Gasteiger charge is -2.27. The Balaban J connectivity index is 2.14. The van der Waals surface area contributed by atoms with Crippen molar-refractivity contribution in [1.29, 1.82) is 5.26 Å². The van der Waals surface area contributed by atoms with Gasteiger partial charge in [-0.25, -0.2) is 0 Å². The van der Waals surface area contributed by atoms with Crippen molar-refractivity contribution < 1.29 is 17.8 Å². The van der Waals surface area contributed by atoms with Gasteiger partial charge in [0.25, 0.3) is 16.0 Å². The average Bonchev–Trinajstić information content (AvgIpc) is 2.55. The molecule has 1 saturated heterocycles. The van der Waals surface area contributed by atoms with Crippen LogP contribution in [-0.4, -0.2) is 50.0 Å². The Morgan fingerprint density at radius 3 is 2.70 bits per heavy atom. The fraction of sp³-hybridized carbons (Fsp3) is 0.286. The molecule has 122 valence electrons. The van der Waals surface area contributed by atoms with Crippen LogP contribution in [0.4, 0.5) is 5.69 Å². The Kier molecular flexibility index (Phi) is 5.33. The molecule has 2 rings (SSSR count). The highest BCUT2D eigenvalue weighted by molar-refractivity contribution is 7.85. The van der Waals surface area contributed by atoms with E-state index in [9.17, 15) is 13.2 Å². The maximum Gasteiger partial charge on any atom is 0.294 e. The van der Waals surface area contributed by atoms with Gasteiger partial charge in [0, 0.05) is 38.1 Å². The van der Waals surface area contributed by atoms with Crippen LogP contribution >= 0.6 is 0 Å². The molecule has 1 aromatic carbocycles. The zero-order valence-electron chi connectivity index (χ0n) is 12.2. The largest absolute Gasteiger partial charge is 0.360 e. The van der Waals surface area contributed by atoms with Crippen LogP contribution in [0.15, 0.2) is 40.9 Å². The van der Waals surface area contributed by atoms with E-state index in [1.165, 1.54) is 24.4 Å². The van der Waals surface area contributed by atoms with Gasteiger partial charge in [0.15, 0.2) is 0 Å². The first-order valence-electron chi connectivity index (χ1n) is 6.86. The van der Waals surface area contributed by atoms with Crippen molar-refractivity contribution in [2.75, 3.05) is 31.5 Å². The number of rotatable bonds is 4. The molecule has 3 N–H and O–H groups in total. The minimum atomic E-state index is -4.31. The summed E-state index contributed by atoms with van der Waals surface area (Å²) < 4.78 is 31.2. The Morgan fingerprint density at radius 2 is 2.09 bits per heavy atom. The van der Waals surface area contributed by atoms with Crippen LogP contribution in [0, 0.1) is 11.3 Å². The second-order valence-corrected chi connectivity index (χ2v) is 6.28. The topological polar surface area (TPSA) is 123 Å². The molecule has 1 aliphatic heterocycles. The second-order valence-electron chi connectivity index (χ2n) is 4.86. The number of nitriles is 1. The minimum absolute atomic E-state index is 0.0795. The van der Waals surface area contributed by atoms with Crippen molar-refractivity contribution in [2.24, 2.45) is 0 Å². The second kappa shape index (κ2) is 7.23. The highest BCUT2D eigenvalue weighted by Gasteiger charge is 2.20. The van der Waals surface area contributed by atoms with E-state index < -0.39 is 10.1 Å². The summed E-state index contributed by atoms with van der Waals surface area (Å²) in [4.78, 5) is 13.5. The number of anilines is 1. The van der Waals surface area contributed by atoms with Crippen LogP contribution in [0.3, 0.4) is 0 Å². The summed E-state index contributed by atoms with van der Waals surface area (Å²) in [6.45, 7) is 2.40. The first kappa shape index (κ1) is 17.0. The van der Waals surface area contributed by atoms with E-state index >= 15 is 0 Å². The molecule has 8 nitrogen and oxygen atoms in total. The molecule has 1 aromatic rings. The summed E-state index contributed by atoms with van der Waals surface area (Å²) in [5.74, 6) is -0.382. The van der Waals surface area contributed by atoms with Crippen LogP contribution in [0.25, 0.3) is 0 Å². The third-order valence-electron chi connectivity index (χ3n) is 3.27. The van der Waals surface area contributed by atoms with E-state index in [0.717, 1.165) is 0 Å². The highest BCUT2D eigenvalue weighted by atomic mass is 32.2. The van der Waals surface area contributed by atoms with E-state index in [1.54, 1.807) is 11.0 Å². The molecular weight excluding hydrogens is 320 g/mol. The number of nitrogens with one attached hydrogen (secondary N) is 2. The predicted octanol–water partition coefficient (Wildman–Crippen LogP) is 0.184. The van der Waals surface area contributed by atoms with Crippen LogP contribution in [-0.2, 0) is 14.9 Å². The first-order valence-corrected chi connectivity index (χ1v) is 8.30. The maximum absolute atomic E-state index is 12.2. The van der Waals surface area contributed by atoms with E-state index in [0.29, 0.717) is 31.9 Å². The summed E-state index contributed by atoms with van der Waals surface area (Å²) in [7, 11) is -4.31. The molecule has 0 atom stereocenters. The van der Waals surface area contributed by atoms with Crippen LogP contribution in [0.2, 0.25) is 0 Å². The number of benzene rings is 1. The lowest BCUT2D eigenvalue weighted by molar-refractivity contribution is -0.127. The van der Waals surface area contributed by atoms with Gasteiger partial charge in [-0.15, -0.1) is 0 Å². The van der Waals surface area contributed by atoms with Gasteiger partial charge in [-0.05, 0) is 18.2 Å². The molecule has 23 heavy (non-hydrogen) atoms. The summed E-state index contributed by atoms with van der Waals surface area (Å²) >= 11 is 0. The molecule has 0 radical (unpaired) electrons. The molecule has 0 saturated carbocycles. The summed E-state index contributed by atoms with van der Waals surface area (Å²) in [5, 5.41) is 14.9. The van der Waals surface area contributed by atoms with Gasteiger partial charge in [-0.1, -0.05) is 6.07 Å². The SMILES string of the molecule is N#C/C(=C/Nc1cccc(S(=O)(=O)O)c1)C(=O)N1CCNCC1. The van der Waals surface area contributed by atoms with Gasteiger partial charge in [-0.3, -0.25) is 9.35 Å². The summed E-state index contributed by atoms with van der Waals surface area (Å²) in [6, 6.07) is 7.26. The number of amides is 1. The van der Waals surface area contributed by atoms with Gasteiger partial charge >= 0.3 is 0 Å². The van der Waals surface area contributed by atoms with Gasteiger partial charge in [0.1, 0.15) is 11.6 Å². The molecule has 1 heterocycles. The molecule has 9 heteroatoms. The zero-order valence-corrected chi connectivity index (χ0v) is 13.0. The number of hydrogen-bond donors (Lipinski definition) is 3. The quantitative estimate of drug-likeness (QED) is 0.407. The zero-order chi connectivity index (χ0) is 16.9. The summed E-state index contributed by atoms with van der Waals surface area (Å²) in [5.41, 5.74) is 0.255. The van der Waals surface area contributed by atoms with Crippen molar-refractivity contribution >= 4 is 21.7 Å². The molecule has 0 aromatic heterocycles. The number of carbonyl (C=O) groups is 1. The third-order valence-corrected chi connectivity index (χ3v) is 4.12. The molecule has 1 amide bonds. The monoisotopic (exact) mass is 336 g/mol. The Bertz CT molecular complexity index is 761. The number of nitrogens with zero attached hydrogens (tertiary/aromatic N) is 2. The lowest BCUT2D eigenvalue weighted by atomic mass is 10.2. The number of piperazine rings is 1. The molecule has 0 unspecified atom stereocenters. The van der Waals surface area contributed by atoms with Gasteiger partial charge in [0.2, 0.25) is 0 Å². The fourth-order valence-electron chi connectivity index (χ4n) is 2.08. The number of carbonyl (C=O) groups excluding carboxylic acids is 1. The summed E-state index contributed by atoms with van der Waals surface area (Å²) in [6.07, 6.45) is 1.23. The van der Waals surface area contributed by atoms with Crippen molar-refractivity contribution in [3.63, 3.8) is 0 Å². The van der Waals surface area contributed by atoms with Crippen LogP contribution in [0.5, 0.6) is 0 Å². The van der Waals surface area contributed by atoms with E-state index in [1.807, 2.05) is 6.07 Å². The first-order chi connectivity index (χ1) is 10.9. The predicted molar refractivity (Wildman–Crippen MR) is 83.0 cm³/mol. The van der Waals surface area contributed by atoms with Gasteiger partial charge in [0.05, 0.1) is 4.90 Å². The molecule has 1 aliphatic rings. The standard InChI is InChI=1S/C14H16N4O4S/c15-9-11(14(19)18-6-4-16-5-7-18)10-17-12-2-1-3-13(8-12)23(20,21)22/h1-3,8,10,16-17H,4-7H2,(H,20,21,22)/b11-10-. The Labute approximate surface area is 134 Å². The van der Waals surface area contributed by atoms with Crippen LogP contribution in [0.1, 0.15) is 0 Å². The Morgan fingerprint density at radius 1 is 1.39 bits per heavy atom. The van der Waals surface area contributed by atoms with Crippen molar-refractivity contribution in [1.82, 2.24) is 10.2 Å². The normalized spacial score (nSPS) is 15.8. The Hall–Kier alpha value is -2.41. The minimum Gasteiger partial charge on any atom is -0.360 e. The lowest BCUT2D eigenvalue weighted by Crippen LogP contribution is -2.46. The van der Waals surface area contributed by atoms with E-state index in [-0.39, 0.29) is 16.4 Å². The highest BCUT2D eigenvalue weighted by Crippen LogP contribution is 2.15. The molecular formula is C14H16N4O4S. The fourth-order valence-corrected chi connectivity index (χ4v) is 2.61. The van der Waals surface area contributed by atoms with Crippen molar-refractivity contribution in [3.05, 3.63) is 36.0 Å². The molecule has 0 spiro atoms. The molecule has 1 fully saturated rings. The maximum atomic E-state index is 12.2. The third kappa shape index (κ3) is 4.53. The van der Waals surface area contributed by atoms with E-state index in [4.69, 9.17) is 9.81 Å². The van der Waals surface area contributed by atoms with E-state index in [2.05, 4.69) is 10.6 Å². The van der Waals surface area contributed by atoms with Gasteiger partial charge < -0.3 is 15.5 Å². The van der Waals surface area contributed by atoms with Crippen molar-refractivity contribution in [3.8, 4) is 6.07 Å². The van der Waals surface area contributed by atoms with Crippen LogP contribution < -0.4 is 10.6 Å². The smallest absolute Gasteiger partial charge is 0.294 e. The molecule has 0 aliphatic carbocycles. The number of hydrogen-bond acceptors (Lipinski definition) is 6. The average molecular weight is 336 g/mol.